The average Bonchev–Trinajstić information content (AvgIpc) is 3.25. The number of nitrogens with zero attached hydrogens (tertiary/aromatic N) is 1. The number of rotatable bonds is 5. The van der Waals surface area contributed by atoms with E-state index in [1.54, 1.807) is 18.2 Å². The Morgan fingerprint density at radius 3 is 2.73 bits per heavy atom. The number of amides is 1. The van der Waals surface area contributed by atoms with E-state index in [2.05, 4.69) is 18.6 Å². The van der Waals surface area contributed by atoms with Crippen molar-refractivity contribution in [3.63, 3.8) is 0 Å². The van der Waals surface area contributed by atoms with Crippen molar-refractivity contribution in [1.29, 1.82) is 0 Å². The third kappa shape index (κ3) is 3.28. The van der Waals surface area contributed by atoms with Crippen LogP contribution in [0.5, 0.6) is 0 Å². The maximum absolute atomic E-state index is 12.7. The van der Waals surface area contributed by atoms with Gasteiger partial charge >= 0.3 is 0 Å². The number of anilines is 1. The van der Waals surface area contributed by atoms with Gasteiger partial charge in [-0.2, -0.15) is 0 Å². The van der Waals surface area contributed by atoms with Crippen molar-refractivity contribution in [3.8, 4) is 0 Å². The molecule has 1 amide bonds. The fraction of sp³-hybridized carbons (Fsp3) is 0.632. The van der Waals surface area contributed by atoms with Crippen LogP contribution >= 0.6 is 0 Å². The summed E-state index contributed by atoms with van der Waals surface area (Å²) in [5.41, 5.74) is 1.51. The summed E-state index contributed by atoms with van der Waals surface area (Å²) in [5.74, 6) is 0.317. The fourth-order valence-electron chi connectivity index (χ4n) is 3.86. The molecule has 0 spiro atoms. The van der Waals surface area contributed by atoms with E-state index in [9.17, 15) is 13.2 Å². The molecule has 1 aromatic carbocycles. The molecule has 1 N–H and O–H groups in total. The third-order valence-electron chi connectivity index (χ3n) is 5.57. The Morgan fingerprint density at radius 2 is 2.08 bits per heavy atom. The van der Waals surface area contributed by atoms with E-state index in [0.29, 0.717) is 19.7 Å². The molecular weight excluding hydrogens is 352 g/mol. The Labute approximate surface area is 155 Å². The number of sulfonamides is 1. The number of hydrogen-bond acceptors (Lipinski definition) is 4. The summed E-state index contributed by atoms with van der Waals surface area (Å²) in [6.45, 7) is 5.72. The van der Waals surface area contributed by atoms with Crippen molar-refractivity contribution in [3.05, 3.63) is 23.8 Å². The first-order chi connectivity index (χ1) is 12.3. The molecule has 26 heavy (non-hydrogen) atoms. The molecular formula is C19H26N2O4S. The molecule has 4 rings (SSSR count). The smallest absolute Gasteiger partial charge is 0.240 e. The summed E-state index contributed by atoms with van der Waals surface area (Å²) < 4.78 is 33.5. The van der Waals surface area contributed by atoms with Gasteiger partial charge in [0.05, 0.1) is 11.0 Å². The van der Waals surface area contributed by atoms with Gasteiger partial charge in [0.2, 0.25) is 15.9 Å². The molecule has 0 aromatic heterocycles. The van der Waals surface area contributed by atoms with Crippen LogP contribution in [0.4, 0.5) is 5.69 Å². The van der Waals surface area contributed by atoms with Crippen LogP contribution in [0.1, 0.15) is 45.1 Å². The minimum Gasteiger partial charge on any atom is -0.377 e. The third-order valence-corrected chi connectivity index (χ3v) is 6.99. The van der Waals surface area contributed by atoms with E-state index in [4.69, 9.17) is 4.74 Å². The van der Waals surface area contributed by atoms with E-state index in [1.165, 1.54) is 0 Å². The minimum atomic E-state index is -3.59. The van der Waals surface area contributed by atoms with E-state index in [1.807, 2.05) is 4.90 Å². The van der Waals surface area contributed by atoms with E-state index < -0.39 is 10.0 Å². The van der Waals surface area contributed by atoms with E-state index in [0.717, 1.165) is 36.9 Å². The summed E-state index contributed by atoms with van der Waals surface area (Å²) >= 11 is 0. The van der Waals surface area contributed by atoms with Gasteiger partial charge in [-0.15, -0.1) is 0 Å². The highest BCUT2D eigenvalue weighted by molar-refractivity contribution is 7.89. The second-order valence-electron chi connectivity index (χ2n) is 8.25. The zero-order valence-electron chi connectivity index (χ0n) is 15.3. The average molecular weight is 378 g/mol. The van der Waals surface area contributed by atoms with Crippen LogP contribution < -0.4 is 9.62 Å². The topological polar surface area (TPSA) is 75.7 Å². The van der Waals surface area contributed by atoms with Gasteiger partial charge in [0.1, 0.15) is 0 Å². The SMILES string of the molecule is CC1(C)CN(C(=O)C2CC2)c2ccc(S(=O)(=O)NC[C@H]3CCCO3)cc21. The number of ether oxygens (including phenoxy) is 1. The summed E-state index contributed by atoms with van der Waals surface area (Å²) in [7, 11) is -3.59. The Balaban J connectivity index is 1.58. The highest BCUT2D eigenvalue weighted by atomic mass is 32.2. The second kappa shape index (κ2) is 6.32. The first-order valence-corrected chi connectivity index (χ1v) is 10.8. The highest BCUT2D eigenvalue weighted by Gasteiger charge is 2.43. The summed E-state index contributed by atoms with van der Waals surface area (Å²) in [5, 5.41) is 0. The fourth-order valence-corrected chi connectivity index (χ4v) is 4.96. The Hall–Kier alpha value is -1.44. The predicted molar refractivity (Wildman–Crippen MR) is 98.7 cm³/mol. The second-order valence-corrected chi connectivity index (χ2v) is 10.0. The van der Waals surface area contributed by atoms with Gasteiger partial charge in [0.25, 0.3) is 0 Å². The molecule has 2 fully saturated rings. The number of carbonyl (C=O) groups is 1. The first kappa shape index (κ1) is 17.9. The van der Waals surface area contributed by atoms with Crippen LogP contribution in [0.2, 0.25) is 0 Å². The molecule has 1 aromatic rings. The lowest BCUT2D eigenvalue weighted by atomic mass is 9.87. The van der Waals surface area contributed by atoms with Crippen molar-refractivity contribution >= 4 is 21.6 Å². The standard InChI is InChI=1S/C19H26N2O4S/c1-19(2)12-21(18(22)13-5-6-13)17-8-7-15(10-16(17)19)26(23,24)20-11-14-4-3-9-25-14/h7-8,10,13-14,20H,3-6,9,11-12H2,1-2H3/t14-/m1/s1. The quantitative estimate of drug-likeness (QED) is 0.852. The molecule has 0 radical (unpaired) electrons. The molecule has 1 aliphatic carbocycles. The predicted octanol–water partition coefficient (Wildman–Crippen LogP) is 2.18. The molecule has 142 valence electrons. The molecule has 3 aliphatic rings. The van der Waals surface area contributed by atoms with Gasteiger partial charge in [0.15, 0.2) is 0 Å². The highest BCUT2D eigenvalue weighted by Crippen LogP contribution is 2.44. The molecule has 1 saturated carbocycles. The molecule has 1 atom stereocenters. The first-order valence-electron chi connectivity index (χ1n) is 9.35. The van der Waals surface area contributed by atoms with Crippen molar-refractivity contribution in [2.75, 3.05) is 24.6 Å². The lowest BCUT2D eigenvalue weighted by Gasteiger charge is -2.20. The van der Waals surface area contributed by atoms with Crippen LogP contribution in [0.3, 0.4) is 0 Å². The van der Waals surface area contributed by atoms with Gasteiger partial charge in [-0.05, 0) is 49.4 Å². The molecule has 2 aliphatic heterocycles. The molecule has 0 bridgehead atoms. The largest absolute Gasteiger partial charge is 0.377 e. The lowest BCUT2D eigenvalue weighted by Crippen LogP contribution is -2.34. The monoisotopic (exact) mass is 378 g/mol. The van der Waals surface area contributed by atoms with Gasteiger partial charge in [-0.1, -0.05) is 13.8 Å². The van der Waals surface area contributed by atoms with Crippen molar-refractivity contribution in [1.82, 2.24) is 4.72 Å². The summed E-state index contributed by atoms with van der Waals surface area (Å²) in [6.07, 6.45) is 3.75. The number of carbonyl (C=O) groups excluding carboxylic acids is 1. The maximum Gasteiger partial charge on any atom is 0.240 e. The minimum absolute atomic E-state index is 0.0395. The van der Waals surface area contributed by atoms with Crippen LogP contribution in [0.15, 0.2) is 23.1 Å². The van der Waals surface area contributed by atoms with Gasteiger partial charge in [-0.25, -0.2) is 13.1 Å². The molecule has 1 saturated heterocycles. The van der Waals surface area contributed by atoms with Gasteiger partial charge in [-0.3, -0.25) is 4.79 Å². The number of fused-ring (bicyclic) bond motifs is 1. The Morgan fingerprint density at radius 1 is 1.31 bits per heavy atom. The summed E-state index contributed by atoms with van der Waals surface area (Å²) in [6, 6.07) is 5.11. The number of benzene rings is 1. The van der Waals surface area contributed by atoms with Gasteiger partial charge < -0.3 is 9.64 Å². The molecule has 7 heteroatoms. The molecule has 0 unspecified atom stereocenters. The Kier molecular flexibility index (Phi) is 4.36. The number of hydrogen-bond donors (Lipinski definition) is 1. The molecule has 2 heterocycles. The van der Waals surface area contributed by atoms with Crippen molar-refractivity contribution in [2.45, 2.75) is 55.9 Å². The van der Waals surface area contributed by atoms with Crippen LogP contribution in [-0.4, -0.2) is 40.1 Å². The van der Waals surface area contributed by atoms with Crippen molar-refractivity contribution in [2.24, 2.45) is 5.92 Å². The van der Waals surface area contributed by atoms with Crippen LogP contribution in [-0.2, 0) is 25.0 Å². The normalized spacial score (nSPS) is 24.7. The number of nitrogens with one attached hydrogen (secondary N) is 1. The van der Waals surface area contributed by atoms with Crippen molar-refractivity contribution < 1.29 is 17.9 Å². The van der Waals surface area contributed by atoms with Gasteiger partial charge in [0, 0.05) is 36.7 Å². The molecule has 6 nitrogen and oxygen atoms in total. The van der Waals surface area contributed by atoms with E-state index in [-0.39, 0.29) is 28.2 Å². The summed E-state index contributed by atoms with van der Waals surface area (Å²) in [4.78, 5) is 14.7. The zero-order chi connectivity index (χ0) is 18.5. The van der Waals surface area contributed by atoms with Crippen LogP contribution in [0, 0.1) is 5.92 Å². The van der Waals surface area contributed by atoms with Crippen LogP contribution in [0.25, 0.3) is 0 Å². The lowest BCUT2D eigenvalue weighted by molar-refractivity contribution is -0.119. The Bertz CT molecular complexity index is 824. The van der Waals surface area contributed by atoms with E-state index >= 15 is 0 Å². The maximum atomic E-state index is 12.7. The zero-order valence-corrected chi connectivity index (χ0v) is 16.1.